The van der Waals surface area contributed by atoms with E-state index in [0.29, 0.717) is 5.65 Å². The minimum absolute atomic E-state index is 0.199. The van der Waals surface area contributed by atoms with Gasteiger partial charge in [-0.2, -0.15) is 4.52 Å². The van der Waals surface area contributed by atoms with Gasteiger partial charge in [0.15, 0.2) is 5.65 Å². The molecule has 0 aliphatic carbocycles. The van der Waals surface area contributed by atoms with Crippen molar-refractivity contribution in [2.24, 2.45) is 0 Å². The molecule has 5 heteroatoms. The minimum Gasteiger partial charge on any atom is -0.279 e. The highest BCUT2D eigenvalue weighted by molar-refractivity contribution is 5.30. The molecule has 2 rings (SSSR count). The number of hydrogen-bond donors (Lipinski definition) is 1. The molecule has 2 heterocycles. The Labute approximate surface area is 55.3 Å². The van der Waals surface area contributed by atoms with Crippen LogP contribution in [-0.4, -0.2) is 19.6 Å². The minimum atomic E-state index is -0.199. The Hall–Kier alpha value is -1.65. The van der Waals surface area contributed by atoms with Crippen molar-refractivity contribution < 1.29 is 0 Å². The summed E-state index contributed by atoms with van der Waals surface area (Å²) in [6, 6.07) is 0. The topological polar surface area (TPSA) is 63.0 Å². The molecule has 1 N–H and O–H groups in total. The smallest absolute Gasteiger partial charge is 0.279 e. The lowest BCUT2D eigenvalue weighted by molar-refractivity contribution is 0.903. The quantitative estimate of drug-likeness (QED) is 0.526. The second-order valence-electron chi connectivity index (χ2n) is 1.83. The average molecular weight is 136 g/mol. The van der Waals surface area contributed by atoms with E-state index in [1.165, 1.54) is 23.2 Å². The molecule has 0 atom stereocenters. The number of nitrogens with one attached hydrogen (secondary N) is 1. The molecule has 0 unspecified atom stereocenters. The number of hydrogen-bond acceptors (Lipinski definition) is 3. The summed E-state index contributed by atoms with van der Waals surface area (Å²) in [6.07, 6.45) is 4.18. The number of aromatic nitrogens is 4. The van der Waals surface area contributed by atoms with Crippen molar-refractivity contribution in [2.45, 2.75) is 0 Å². The van der Waals surface area contributed by atoms with E-state index in [9.17, 15) is 4.79 Å². The van der Waals surface area contributed by atoms with Crippen molar-refractivity contribution >= 4 is 5.65 Å². The summed E-state index contributed by atoms with van der Waals surface area (Å²) in [6.45, 7) is 0. The Morgan fingerprint density at radius 2 is 2.40 bits per heavy atom. The Balaban J connectivity index is 3.09. The molecule has 0 spiro atoms. The summed E-state index contributed by atoms with van der Waals surface area (Å²) in [5.41, 5.74) is 0.336. The number of aromatic amines is 1. The third-order valence-electron chi connectivity index (χ3n) is 1.21. The van der Waals surface area contributed by atoms with Crippen LogP contribution < -0.4 is 5.56 Å². The van der Waals surface area contributed by atoms with E-state index in [1.54, 1.807) is 0 Å². The lowest BCUT2D eigenvalue weighted by Gasteiger charge is -1.85. The summed E-state index contributed by atoms with van der Waals surface area (Å²) in [5.74, 6) is 0. The molecule has 50 valence electrons. The molecule has 0 bridgehead atoms. The first-order valence-electron chi connectivity index (χ1n) is 2.74. The zero-order valence-corrected chi connectivity index (χ0v) is 4.98. The van der Waals surface area contributed by atoms with Crippen molar-refractivity contribution in [2.75, 3.05) is 0 Å². The van der Waals surface area contributed by atoms with Gasteiger partial charge in [-0.25, -0.2) is 4.98 Å². The van der Waals surface area contributed by atoms with E-state index in [0.717, 1.165) is 0 Å². The Morgan fingerprint density at radius 3 is 3.20 bits per heavy atom. The van der Waals surface area contributed by atoms with Crippen molar-refractivity contribution in [1.29, 1.82) is 0 Å². The number of fused-ring (bicyclic) bond motifs is 1. The van der Waals surface area contributed by atoms with Gasteiger partial charge in [0.25, 0.3) is 5.56 Å². The molecule has 0 radical (unpaired) electrons. The number of nitrogens with zero attached hydrogens (tertiary/aromatic N) is 3. The van der Waals surface area contributed by atoms with Gasteiger partial charge in [-0.15, -0.1) is 0 Å². The summed E-state index contributed by atoms with van der Waals surface area (Å²) in [5, 5.41) is 2.64. The molecule has 0 amide bonds. The Kier molecular flexibility index (Phi) is 0.858. The molecular formula is C5H4N4O. The van der Waals surface area contributed by atoms with Crippen molar-refractivity contribution in [3.8, 4) is 0 Å². The van der Waals surface area contributed by atoms with Gasteiger partial charge in [-0.1, -0.05) is 0 Å². The summed E-state index contributed by atoms with van der Waals surface area (Å²) in [4.78, 5) is 18.4. The molecule has 0 saturated carbocycles. The zero-order chi connectivity index (χ0) is 6.97. The maximum Gasteiger partial charge on any atom is 0.289 e. The van der Waals surface area contributed by atoms with Crippen molar-refractivity contribution in [3.05, 3.63) is 29.1 Å². The summed E-state index contributed by atoms with van der Waals surface area (Å²) in [7, 11) is 0. The second-order valence-corrected chi connectivity index (χ2v) is 1.83. The standard InChI is InChI=1S/C5H4N4O/c10-5-2-6-1-4-7-3-8-9(4)5/h1-3H,(H,7,8). The molecular weight excluding hydrogens is 132 g/mol. The van der Waals surface area contributed by atoms with Gasteiger partial charge >= 0.3 is 0 Å². The average Bonchev–Trinajstić information content (AvgIpc) is 2.36. The molecule has 2 aromatic rings. The first-order chi connectivity index (χ1) is 4.88. The van der Waals surface area contributed by atoms with E-state index in [2.05, 4.69) is 15.1 Å². The lowest BCUT2D eigenvalue weighted by Crippen LogP contribution is -2.12. The Morgan fingerprint density at radius 1 is 1.50 bits per heavy atom. The predicted octanol–water partition coefficient (Wildman–Crippen LogP) is -0.582. The fraction of sp³-hybridized carbons (Fsp3) is 0. The lowest BCUT2D eigenvalue weighted by atomic mass is 10.7. The monoisotopic (exact) mass is 136 g/mol. The zero-order valence-electron chi connectivity index (χ0n) is 4.98. The first kappa shape index (κ1) is 5.16. The molecule has 5 nitrogen and oxygen atoms in total. The van der Waals surface area contributed by atoms with Crippen LogP contribution in [0.4, 0.5) is 0 Å². The normalized spacial score (nSPS) is 10.4. The van der Waals surface area contributed by atoms with E-state index in [-0.39, 0.29) is 5.56 Å². The molecule has 0 aromatic carbocycles. The van der Waals surface area contributed by atoms with Crippen LogP contribution >= 0.6 is 0 Å². The van der Waals surface area contributed by atoms with Crippen LogP contribution in [-0.2, 0) is 0 Å². The molecule has 0 aliphatic heterocycles. The SMILES string of the molecule is O=c1cncc2nc[nH]n12. The maximum absolute atomic E-state index is 10.9. The van der Waals surface area contributed by atoms with E-state index >= 15 is 0 Å². The van der Waals surface area contributed by atoms with Gasteiger partial charge in [-0.05, 0) is 0 Å². The van der Waals surface area contributed by atoms with Crippen molar-refractivity contribution in [1.82, 2.24) is 19.6 Å². The molecule has 0 saturated heterocycles. The molecule has 10 heavy (non-hydrogen) atoms. The summed E-state index contributed by atoms with van der Waals surface area (Å²) < 4.78 is 1.31. The highest BCUT2D eigenvalue weighted by atomic mass is 16.1. The fourth-order valence-electron chi connectivity index (χ4n) is 0.770. The number of H-pyrrole nitrogens is 1. The molecule has 2 aromatic heterocycles. The van der Waals surface area contributed by atoms with Crippen molar-refractivity contribution in [3.63, 3.8) is 0 Å². The third-order valence-corrected chi connectivity index (χ3v) is 1.21. The maximum atomic E-state index is 10.9. The highest BCUT2D eigenvalue weighted by Gasteiger charge is 1.93. The van der Waals surface area contributed by atoms with Gasteiger partial charge in [0, 0.05) is 0 Å². The van der Waals surface area contributed by atoms with Gasteiger partial charge in [0.2, 0.25) is 0 Å². The van der Waals surface area contributed by atoms with E-state index < -0.39 is 0 Å². The van der Waals surface area contributed by atoms with Crippen LogP contribution in [0.3, 0.4) is 0 Å². The second kappa shape index (κ2) is 1.66. The van der Waals surface area contributed by atoms with Crippen LogP contribution in [0, 0.1) is 0 Å². The summed E-state index contributed by atoms with van der Waals surface area (Å²) >= 11 is 0. The van der Waals surface area contributed by atoms with E-state index in [4.69, 9.17) is 0 Å². The molecule has 0 fully saturated rings. The fourth-order valence-corrected chi connectivity index (χ4v) is 0.770. The molecule has 0 aliphatic rings. The van der Waals surface area contributed by atoms with Crippen LogP contribution in [0.5, 0.6) is 0 Å². The van der Waals surface area contributed by atoms with Gasteiger partial charge in [0.1, 0.15) is 6.33 Å². The Bertz CT molecular complexity index is 401. The predicted molar refractivity (Wildman–Crippen MR) is 33.6 cm³/mol. The van der Waals surface area contributed by atoms with Gasteiger partial charge in [-0.3, -0.25) is 14.9 Å². The third kappa shape index (κ3) is 0.540. The van der Waals surface area contributed by atoms with Crippen LogP contribution in [0.2, 0.25) is 0 Å². The van der Waals surface area contributed by atoms with Crippen LogP contribution in [0.25, 0.3) is 5.65 Å². The first-order valence-corrected chi connectivity index (χ1v) is 2.74. The largest absolute Gasteiger partial charge is 0.289 e. The number of rotatable bonds is 0. The highest BCUT2D eigenvalue weighted by Crippen LogP contribution is 1.85. The van der Waals surface area contributed by atoms with Gasteiger partial charge < -0.3 is 0 Å². The van der Waals surface area contributed by atoms with E-state index in [1.807, 2.05) is 0 Å². The van der Waals surface area contributed by atoms with Crippen LogP contribution in [0.15, 0.2) is 23.5 Å². The van der Waals surface area contributed by atoms with Gasteiger partial charge in [0.05, 0.1) is 12.4 Å². The van der Waals surface area contributed by atoms with Crippen LogP contribution in [0.1, 0.15) is 0 Å².